The zero-order valence-electron chi connectivity index (χ0n) is 10.9. The summed E-state index contributed by atoms with van der Waals surface area (Å²) in [5.74, 6) is -0.890. The van der Waals surface area contributed by atoms with E-state index in [1.165, 1.54) is 7.11 Å². The Morgan fingerprint density at radius 2 is 1.95 bits per heavy atom. The van der Waals surface area contributed by atoms with Gasteiger partial charge in [-0.15, -0.1) is 0 Å². The minimum absolute atomic E-state index is 0.326. The summed E-state index contributed by atoms with van der Waals surface area (Å²) in [5.41, 5.74) is 0.622. The number of carboxylic acids is 1. The van der Waals surface area contributed by atoms with Crippen molar-refractivity contribution < 1.29 is 24.2 Å². The van der Waals surface area contributed by atoms with E-state index in [1.807, 2.05) is 6.92 Å². The van der Waals surface area contributed by atoms with Gasteiger partial charge in [0.25, 0.3) is 0 Å². The molecule has 19 heavy (non-hydrogen) atoms. The molecule has 0 bridgehead atoms. The van der Waals surface area contributed by atoms with Crippen molar-refractivity contribution in [1.82, 2.24) is 5.32 Å². The molecule has 0 aliphatic rings. The summed E-state index contributed by atoms with van der Waals surface area (Å²) in [7, 11) is 1.26. The van der Waals surface area contributed by atoms with Crippen molar-refractivity contribution in [3.05, 3.63) is 29.8 Å². The molecule has 0 fully saturated rings. The summed E-state index contributed by atoms with van der Waals surface area (Å²) in [6.07, 6.45) is 0. The molecular formula is C13H17NO5. The molecule has 0 radical (unpaired) electrons. The maximum absolute atomic E-state index is 11.6. The second-order valence-electron chi connectivity index (χ2n) is 3.73. The molecule has 0 heterocycles. The Labute approximate surface area is 111 Å². The highest BCUT2D eigenvalue weighted by atomic mass is 16.5. The lowest BCUT2D eigenvalue weighted by molar-refractivity contribution is -0.143. The minimum Gasteiger partial charge on any atom is -0.494 e. The molecule has 1 aromatic rings. The summed E-state index contributed by atoms with van der Waals surface area (Å²) in [4.78, 5) is 22.2. The Balaban J connectivity index is 2.84. The molecule has 0 aliphatic carbocycles. The lowest BCUT2D eigenvalue weighted by atomic mass is 10.1. The first-order valence-corrected chi connectivity index (χ1v) is 5.84. The van der Waals surface area contributed by atoms with Crippen LogP contribution in [-0.2, 0) is 14.3 Å². The average molecular weight is 267 g/mol. The molecule has 0 saturated heterocycles. The van der Waals surface area contributed by atoms with Gasteiger partial charge in [0.2, 0.25) is 0 Å². The van der Waals surface area contributed by atoms with Crippen LogP contribution < -0.4 is 10.1 Å². The number of hydrogen-bond acceptors (Lipinski definition) is 5. The van der Waals surface area contributed by atoms with E-state index in [-0.39, 0.29) is 6.54 Å². The van der Waals surface area contributed by atoms with Crippen LogP contribution in [0.25, 0.3) is 0 Å². The molecule has 1 aromatic carbocycles. The van der Waals surface area contributed by atoms with E-state index < -0.39 is 18.0 Å². The van der Waals surface area contributed by atoms with Gasteiger partial charge in [-0.05, 0) is 24.6 Å². The zero-order chi connectivity index (χ0) is 14.3. The first kappa shape index (κ1) is 15.0. The van der Waals surface area contributed by atoms with Crippen LogP contribution >= 0.6 is 0 Å². The molecule has 0 aliphatic heterocycles. The van der Waals surface area contributed by atoms with Crippen molar-refractivity contribution in [2.45, 2.75) is 13.0 Å². The SMILES string of the molecule is CCOc1ccc(C(NCC(=O)O)C(=O)OC)cc1. The van der Waals surface area contributed by atoms with Crippen LogP contribution in [0.4, 0.5) is 0 Å². The van der Waals surface area contributed by atoms with Gasteiger partial charge < -0.3 is 14.6 Å². The number of ether oxygens (including phenoxy) is 2. The van der Waals surface area contributed by atoms with Gasteiger partial charge in [0, 0.05) is 0 Å². The van der Waals surface area contributed by atoms with Crippen LogP contribution in [0.1, 0.15) is 18.5 Å². The number of hydrogen-bond donors (Lipinski definition) is 2. The van der Waals surface area contributed by atoms with E-state index in [4.69, 9.17) is 9.84 Å². The van der Waals surface area contributed by atoms with Gasteiger partial charge in [0.1, 0.15) is 11.8 Å². The van der Waals surface area contributed by atoms with Gasteiger partial charge in [-0.25, -0.2) is 4.79 Å². The number of carboxylic acid groups (broad SMARTS) is 1. The monoisotopic (exact) mass is 267 g/mol. The van der Waals surface area contributed by atoms with E-state index in [2.05, 4.69) is 10.1 Å². The van der Waals surface area contributed by atoms with Crippen LogP contribution in [0.2, 0.25) is 0 Å². The maximum Gasteiger partial charge on any atom is 0.327 e. The highest BCUT2D eigenvalue weighted by Gasteiger charge is 2.21. The Morgan fingerprint density at radius 1 is 1.32 bits per heavy atom. The fourth-order valence-corrected chi connectivity index (χ4v) is 1.57. The third-order valence-electron chi connectivity index (χ3n) is 2.42. The Kier molecular flexibility index (Phi) is 5.81. The molecule has 6 nitrogen and oxygen atoms in total. The molecule has 0 saturated carbocycles. The molecule has 104 valence electrons. The molecule has 0 aromatic heterocycles. The Morgan fingerprint density at radius 3 is 2.42 bits per heavy atom. The minimum atomic E-state index is -1.04. The molecule has 2 N–H and O–H groups in total. The largest absolute Gasteiger partial charge is 0.494 e. The maximum atomic E-state index is 11.6. The fraction of sp³-hybridized carbons (Fsp3) is 0.385. The number of rotatable bonds is 7. The third kappa shape index (κ3) is 4.59. The van der Waals surface area contributed by atoms with Gasteiger partial charge in [0.05, 0.1) is 20.3 Å². The molecule has 1 atom stereocenters. The molecule has 6 heteroatoms. The van der Waals surface area contributed by atoms with Gasteiger partial charge in [-0.1, -0.05) is 12.1 Å². The van der Waals surface area contributed by atoms with E-state index in [0.717, 1.165) is 0 Å². The van der Waals surface area contributed by atoms with E-state index >= 15 is 0 Å². The number of benzene rings is 1. The molecule has 0 amide bonds. The Bertz CT molecular complexity index is 429. The summed E-state index contributed by atoms with van der Waals surface area (Å²) in [6.45, 7) is 2.10. The predicted octanol–water partition coefficient (Wildman–Crippen LogP) is 0.974. The van der Waals surface area contributed by atoms with E-state index in [1.54, 1.807) is 24.3 Å². The Hall–Kier alpha value is -2.08. The number of esters is 1. The first-order valence-electron chi connectivity index (χ1n) is 5.84. The van der Waals surface area contributed by atoms with Crippen molar-refractivity contribution in [2.24, 2.45) is 0 Å². The topological polar surface area (TPSA) is 84.9 Å². The lowest BCUT2D eigenvalue weighted by Gasteiger charge is -2.16. The number of carbonyl (C=O) groups is 2. The number of carbonyl (C=O) groups excluding carboxylic acids is 1. The number of nitrogens with one attached hydrogen (secondary N) is 1. The number of aliphatic carboxylic acids is 1. The smallest absolute Gasteiger partial charge is 0.327 e. The standard InChI is InChI=1S/C13H17NO5/c1-3-19-10-6-4-9(5-7-10)12(13(17)18-2)14-8-11(15)16/h4-7,12,14H,3,8H2,1-2H3,(H,15,16). The third-order valence-corrected chi connectivity index (χ3v) is 2.42. The summed E-state index contributed by atoms with van der Waals surface area (Å²) in [6, 6.07) is 6.02. The van der Waals surface area contributed by atoms with Crippen molar-refractivity contribution in [3.8, 4) is 5.75 Å². The van der Waals surface area contributed by atoms with Gasteiger partial charge >= 0.3 is 11.9 Å². The number of methoxy groups -OCH3 is 1. The first-order chi connectivity index (χ1) is 9.08. The van der Waals surface area contributed by atoms with E-state index in [0.29, 0.717) is 17.9 Å². The van der Waals surface area contributed by atoms with Crippen molar-refractivity contribution >= 4 is 11.9 Å². The molecule has 0 spiro atoms. The quantitative estimate of drug-likeness (QED) is 0.716. The van der Waals surface area contributed by atoms with Crippen molar-refractivity contribution in [3.63, 3.8) is 0 Å². The highest BCUT2D eigenvalue weighted by molar-refractivity contribution is 5.78. The lowest BCUT2D eigenvalue weighted by Crippen LogP contribution is -2.33. The second kappa shape index (κ2) is 7.38. The average Bonchev–Trinajstić information content (AvgIpc) is 2.40. The molecule has 1 unspecified atom stereocenters. The van der Waals surface area contributed by atoms with Gasteiger partial charge in [-0.3, -0.25) is 10.1 Å². The predicted molar refractivity (Wildman–Crippen MR) is 68.0 cm³/mol. The van der Waals surface area contributed by atoms with E-state index in [9.17, 15) is 9.59 Å². The van der Waals surface area contributed by atoms with Crippen LogP contribution in [0.5, 0.6) is 5.75 Å². The molecular weight excluding hydrogens is 250 g/mol. The fourth-order valence-electron chi connectivity index (χ4n) is 1.57. The summed E-state index contributed by atoms with van der Waals surface area (Å²) >= 11 is 0. The van der Waals surface area contributed by atoms with Crippen LogP contribution in [0.15, 0.2) is 24.3 Å². The van der Waals surface area contributed by atoms with Crippen molar-refractivity contribution in [1.29, 1.82) is 0 Å². The van der Waals surface area contributed by atoms with Gasteiger partial charge in [-0.2, -0.15) is 0 Å². The summed E-state index contributed by atoms with van der Waals surface area (Å²) < 4.78 is 9.95. The van der Waals surface area contributed by atoms with Crippen LogP contribution in [0, 0.1) is 0 Å². The highest BCUT2D eigenvalue weighted by Crippen LogP contribution is 2.19. The van der Waals surface area contributed by atoms with Gasteiger partial charge in [0.15, 0.2) is 0 Å². The molecule has 1 rings (SSSR count). The summed E-state index contributed by atoms with van der Waals surface area (Å²) in [5, 5.41) is 11.3. The second-order valence-corrected chi connectivity index (χ2v) is 3.73. The van der Waals surface area contributed by atoms with Crippen LogP contribution in [0.3, 0.4) is 0 Å². The van der Waals surface area contributed by atoms with Crippen molar-refractivity contribution in [2.75, 3.05) is 20.3 Å². The van der Waals surface area contributed by atoms with Crippen LogP contribution in [-0.4, -0.2) is 37.3 Å². The zero-order valence-corrected chi connectivity index (χ0v) is 10.9. The normalized spacial score (nSPS) is 11.7.